The normalized spacial score (nSPS) is 10.2. The van der Waals surface area contributed by atoms with E-state index in [-0.39, 0.29) is 18.0 Å². The molecule has 0 bridgehead atoms. The summed E-state index contributed by atoms with van der Waals surface area (Å²) in [5.74, 6) is -0.150. The molecule has 5 nitrogen and oxygen atoms in total. The number of thiophene rings is 1. The second kappa shape index (κ2) is 7.51. The Morgan fingerprint density at radius 1 is 1.32 bits per heavy atom. The zero-order chi connectivity index (χ0) is 15.9. The summed E-state index contributed by atoms with van der Waals surface area (Å²) >= 11 is 1.57. The third-order valence-corrected chi connectivity index (χ3v) is 4.02. The van der Waals surface area contributed by atoms with Gasteiger partial charge in [0.25, 0.3) is 5.69 Å². The van der Waals surface area contributed by atoms with E-state index in [1.807, 2.05) is 17.5 Å². The fourth-order valence-corrected chi connectivity index (χ4v) is 2.83. The molecule has 22 heavy (non-hydrogen) atoms. The third-order valence-electron chi connectivity index (χ3n) is 3.16. The lowest BCUT2D eigenvalue weighted by Gasteiger charge is -2.20. The maximum absolute atomic E-state index is 12.5. The van der Waals surface area contributed by atoms with Crippen LogP contribution < -0.4 is 0 Å². The van der Waals surface area contributed by atoms with E-state index in [1.54, 1.807) is 40.5 Å². The standard InChI is InChI=1S/C16H16N2O3S/c1-2-9-17(12-14-7-5-10-22-14)16(19)11-13-6-3-4-8-15(13)18(20)21/h2-8,10H,1,9,11-12H2. The van der Waals surface area contributed by atoms with Crippen molar-refractivity contribution in [3.63, 3.8) is 0 Å². The summed E-state index contributed by atoms with van der Waals surface area (Å²) in [6.07, 6.45) is 1.67. The number of carbonyl (C=O) groups is 1. The summed E-state index contributed by atoms with van der Waals surface area (Å²) in [4.78, 5) is 25.7. The topological polar surface area (TPSA) is 63.5 Å². The molecule has 114 valence electrons. The lowest BCUT2D eigenvalue weighted by atomic mass is 10.1. The summed E-state index contributed by atoms with van der Waals surface area (Å²) in [6.45, 7) is 4.57. The van der Waals surface area contributed by atoms with E-state index >= 15 is 0 Å². The van der Waals surface area contributed by atoms with Crippen molar-refractivity contribution >= 4 is 22.9 Å². The van der Waals surface area contributed by atoms with Crippen molar-refractivity contribution in [2.75, 3.05) is 6.54 Å². The Hall–Kier alpha value is -2.47. The molecule has 1 heterocycles. The van der Waals surface area contributed by atoms with Crippen molar-refractivity contribution in [2.45, 2.75) is 13.0 Å². The van der Waals surface area contributed by atoms with Crippen LogP contribution in [0.25, 0.3) is 0 Å². The molecule has 0 aliphatic heterocycles. The van der Waals surface area contributed by atoms with Gasteiger partial charge in [-0.25, -0.2) is 0 Å². The van der Waals surface area contributed by atoms with Crippen LogP contribution in [0.2, 0.25) is 0 Å². The molecule has 0 saturated carbocycles. The Morgan fingerprint density at radius 2 is 2.09 bits per heavy atom. The van der Waals surface area contributed by atoms with Gasteiger partial charge in [0.1, 0.15) is 0 Å². The van der Waals surface area contributed by atoms with Crippen LogP contribution in [0, 0.1) is 10.1 Å². The Labute approximate surface area is 132 Å². The molecule has 0 saturated heterocycles. The van der Waals surface area contributed by atoms with E-state index in [1.165, 1.54) is 6.07 Å². The molecular weight excluding hydrogens is 300 g/mol. The van der Waals surface area contributed by atoms with Crippen LogP contribution in [0.15, 0.2) is 54.4 Å². The lowest BCUT2D eigenvalue weighted by molar-refractivity contribution is -0.385. The Balaban J connectivity index is 2.14. The number of hydrogen-bond acceptors (Lipinski definition) is 4. The third kappa shape index (κ3) is 4.02. The highest BCUT2D eigenvalue weighted by Gasteiger charge is 2.19. The molecule has 0 N–H and O–H groups in total. The molecule has 0 unspecified atom stereocenters. The van der Waals surface area contributed by atoms with Crippen molar-refractivity contribution in [1.82, 2.24) is 4.90 Å². The van der Waals surface area contributed by atoms with E-state index < -0.39 is 4.92 Å². The van der Waals surface area contributed by atoms with Crippen molar-refractivity contribution in [3.8, 4) is 0 Å². The summed E-state index contributed by atoms with van der Waals surface area (Å²) in [5, 5.41) is 13.0. The minimum Gasteiger partial charge on any atom is -0.334 e. The summed E-state index contributed by atoms with van der Waals surface area (Å²) < 4.78 is 0. The predicted molar refractivity (Wildman–Crippen MR) is 86.7 cm³/mol. The van der Waals surface area contributed by atoms with Crippen molar-refractivity contribution < 1.29 is 9.72 Å². The second-order valence-corrected chi connectivity index (χ2v) is 5.74. The van der Waals surface area contributed by atoms with Crippen LogP contribution in [-0.2, 0) is 17.8 Å². The molecule has 1 aromatic heterocycles. The first-order valence-electron chi connectivity index (χ1n) is 6.75. The van der Waals surface area contributed by atoms with Gasteiger partial charge in [0.15, 0.2) is 0 Å². The van der Waals surface area contributed by atoms with Crippen molar-refractivity contribution in [2.24, 2.45) is 0 Å². The van der Waals surface area contributed by atoms with E-state index in [9.17, 15) is 14.9 Å². The number of para-hydroxylation sites is 1. The highest BCUT2D eigenvalue weighted by atomic mass is 32.1. The molecule has 1 aromatic carbocycles. The van der Waals surface area contributed by atoms with Crippen LogP contribution in [-0.4, -0.2) is 22.3 Å². The number of benzene rings is 1. The number of carbonyl (C=O) groups excluding carboxylic acids is 1. The van der Waals surface area contributed by atoms with Crippen LogP contribution in [0.3, 0.4) is 0 Å². The van der Waals surface area contributed by atoms with E-state index in [0.29, 0.717) is 18.7 Å². The summed E-state index contributed by atoms with van der Waals surface area (Å²) in [5.41, 5.74) is 0.406. The fraction of sp³-hybridized carbons (Fsp3) is 0.188. The van der Waals surface area contributed by atoms with Crippen LogP contribution in [0.1, 0.15) is 10.4 Å². The number of nitro benzene ring substituents is 1. The van der Waals surface area contributed by atoms with Gasteiger partial charge in [-0.2, -0.15) is 0 Å². The van der Waals surface area contributed by atoms with Gasteiger partial charge in [-0.1, -0.05) is 30.3 Å². The van der Waals surface area contributed by atoms with Gasteiger partial charge >= 0.3 is 0 Å². The van der Waals surface area contributed by atoms with Gasteiger partial charge in [-0.15, -0.1) is 17.9 Å². The first kappa shape index (κ1) is 15.9. The number of rotatable bonds is 7. The maximum atomic E-state index is 12.5. The second-order valence-electron chi connectivity index (χ2n) is 4.70. The summed E-state index contributed by atoms with van der Waals surface area (Å²) in [7, 11) is 0. The molecule has 0 spiro atoms. The monoisotopic (exact) mass is 316 g/mol. The Kier molecular flexibility index (Phi) is 5.43. The minimum absolute atomic E-state index is 0.0103. The van der Waals surface area contributed by atoms with Crippen LogP contribution >= 0.6 is 11.3 Å². The molecule has 0 fully saturated rings. The number of nitro groups is 1. The molecular formula is C16H16N2O3S. The Morgan fingerprint density at radius 3 is 2.73 bits per heavy atom. The quantitative estimate of drug-likeness (QED) is 0.447. The predicted octanol–water partition coefficient (Wildman–Crippen LogP) is 3.41. The van der Waals surface area contributed by atoms with E-state index in [2.05, 4.69) is 6.58 Å². The molecule has 0 atom stereocenters. The Bertz CT molecular complexity index is 668. The molecule has 2 rings (SSSR count). The minimum atomic E-state index is -0.459. The molecule has 0 aliphatic rings. The van der Waals surface area contributed by atoms with Crippen molar-refractivity contribution in [3.05, 3.63) is 75.0 Å². The van der Waals surface area contributed by atoms with Crippen LogP contribution in [0.4, 0.5) is 5.69 Å². The number of hydrogen-bond donors (Lipinski definition) is 0. The lowest BCUT2D eigenvalue weighted by Crippen LogP contribution is -2.31. The highest BCUT2D eigenvalue weighted by molar-refractivity contribution is 7.09. The molecule has 1 amide bonds. The SMILES string of the molecule is C=CCN(Cc1cccs1)C(=O)Cc1ccccc1[N+](=O)[O-]. The van der Waals surface area contributed by atoms with Gasteiger partial charge in [0.05, 0.1) is 17.9 Å². The largest absolute Gasteiger partial charge is 0.334 e. The smallest absolute Gasteiger partial charge is 0.273 e. The van der Waals surface area contributed by atoms with Gasteiger partial charge in [0, 0.05) is 23.1 Å². The number of nitrogens with zero attached hydrogens (tertiary/aromatic N) is 2. The van der Waals surface area contributed by atoms with Gasteiger partial charge in [0.2, 0.25) is 5.91 Å². The van der Waals surface area contributed by atoms with Gasteiger partial charge < -0.3 is 4.90 Å². The first-order valence-corrected chi connectivity index (χ1v) is 7.63. The van der Waals surface area contributed by atoms with E-state index in [4.69, 9.17) is 0 Å². The van der Waals surface area contributed by atoms with Crippen LogP contribution in [0.5, 0.6) is 0 Å². The van der Waals surface area contributed by atoms with Gasteiger partial charge in [-0.05, 0) is 11.4 Å². The highest BCUT2D eigenvalue weighted by Crippen LogP contribution is 2.20. The number of amides is 1. The summed E-state index contributed by atoms with van der Waals surface area (Å²) in [6, 6.07) is 10.2. The molecule has 0 radical (unpaired) electrons. The zero-order valence-electron chi connectivity index (χ0n) is 12.0. The fourth-order valence-electron chi connectivity index (χ4n) is 2.11. The maximum Gasteiger partial charge on any atom is 0.273 e. The molecule has 6 heteroatoms. The molecule has 0 aliphatic carbocycles. The zero-order valence-corrected chi connectivity index (χ0v) is 12.8. The van der Waals surface area contributed by atoms with E-state index in [0.717, 1.165) is 4.88 Å². The average Bonchev–Trinajstić information content (AvgIpc) is 3.00. The first-order chi connectivity index (χ1) is 10.6. The average molecular weight is 316 g/mol. The van der Waals surface area contributed by atoms with Gasteiger partial charge in [-0.3, -0.25) is 14.9 Å². The molecule has 2 aromatic rings. The van der Waals surface area contributed by atoms with Crippen molar-refractivity contribution in [1.29, 1.82) is 0 Å².